The maximum atomic E-state index is 11.2. The van der Waals surface area contributed by atoms with E-state index in [1.165, 1.54) is 0 Å². The van der Waals surface area contributed by atoms with Crippen LogP contribution in [0.3, 0.4) is 0 Å². The molecule has 0 bridgehead atoms. The molecule has 0 aliphatic rings. The van der Waals surface area contributed by atoms with E-state index in [1.807, 2.05) is 0 Å². The molecule has 0 aromatic carbocycles. The molecule has 0 heterocycles. The molecule has 0 aromatic heterocycles. The Morgan fingerprint density at radius 3 is 1.61 bits per heavy atom. The molecule has 0 fully saturated rings. The van der Waals surface area contributed by atoms with Crippen LogP contribution < -0.4 is 0 Å². The first-order chi connectivity index (χ1) is 8.67. The Morgan fingerprint density at radius 2 is 1.22 bits per heavy atom. The summed E-state index contributed by atoms with van der Waals surface area (Å²) in [5, 5.41) is 35.6. The summed E-state index contributed by atoms with van der Waals surface area (Å²) in [5.74, 6) is -0.932. The molecule has 0 aromatic rings. The second-order valence-electron chi connectivity index (χ2n) is 4.22. The van der Waals surface area contributed by atoms with Crippen molar-refractivity contribution in [2.75, 3.05) is 19.8 Å². The second kappa shape index (κ2) is 11.2. The van der Waals surface area contributed by atoms with Crippen LogP contribution in [-0.4, -0.2) is 46.2 Å². The molecular weight excluding hydrogens is 236 g/mol. The molecule has 0 atom stereocenters. The Labute approximate surface area is 108 Å². The maximum Gasteiger partial charge on any atom is 0.331 e. The van der Waals surface area contributed by atoms with E-state index in [0.717, 1.165) is 5.57 Å². The number of hydrogen-bond donors (Lipinski definition) is 4. The van der Waals surface area contributed by atoms with Crippen molar-refractivity contribution >= 4 is 5.97 Å². The molecule has 5 nitrogen and oxygen atoms in total. The molecule has 0 amide bonds. The van der Waals surface area contributed by atoms with Gasteiger partial charge in [-0.1, -0.05) is 5.57 Å². The molecule has 0 aliphatic heterocycles. The predicted octanol–water partition coefficient (Wildman–Crippen LogP) is 1.08. The lowest BCUT2D eigenvalue weighted by Gasteiger charge is -2.12. The van der Waals surface area contributed by atoms with Crippen molar-refractivity contribution in [3.8, 4) is 0 Å². The monoisotopic (exact) mass is 260 g/mol. The quantitative estimate of drug-likeness (QED) is 0.329. The van der Waals surface area contributed by atoms with Crippen LogP contribution in [0.25, 0.3) is 0 Å². The summed E-state index contributed by atoms with van der Waals surface area (Å²) in [4.78, 5) is 11.2. The summed E-state index contributed by atoms with van der Waals surface area (Å²) in [6.45, 7) is 0.133. The van der Waals surface area contributed by atoms with Gasteiger partial charge in [-0.05, 0) is 44.9 Å². The number of rotatable bonds is 11. The number of hydrogen-bond acceptors (Lipinski definition) is 4. The molecule has 0 saturated heterocycles. The molecule has 18 heavy (non-hydrogen) atoms. The summed E-state index contributed by atoms with van der Waals surface area (Å²) in [7, 11) is 0. The summed E-state index contributed by atoms with van der Waals surface area (Å²) >= 11 is 0. The van der Waals surface area contributed by atoms with Crippen LogP contribution in [0.2, 0.25) is 0 Å². The fraction of sp³-hybridized carbons (Fsp3) is 0.769. The average molecular weight is 260 g/mol. The molecule has 0 saturated carbocycles. The smallest absolute Gasteiger partial charge is 0.331 e. The highest BCUT2D eigenvalue weighted by molar-refractivity contribution is 5.87. The molecule has 4 N–H and O–H groups in total. The second-order valence-corrected chi connectivity index (χ2v) is 4.22. The first-order valence-electron chi connectivity index (χ1n) is 6.44. The number of carbonyl (C=O) groups is 1. The van der Waals surface area contributed by atoms with E-state index in [4.69, 9.17) is 15.3 Å². The number of unbranched alkanes of at least 4 members (excludes halogenated alkanes) is 1. The Hall–Kier alpha value is -0.910. The van der Waals surface area contributed by atoms with Gasteiger partial charge in [-0.3, -0.25) is 0 Å². The van der Waals surface area contributed by atoms with E-state index >= 15 is 0 Å². The van der Waals surface area contributed by atoms with E-state index in [2.05, 4.69) is 0 Å². The lowest BCUT2D eigenvalue weighted by molar-refractivity contribution is -0.132. The van der Waals surface area contributed by atoms with Crippen molar-refractivity contribution in [2.24, 2.45) is 0 Å². The van der Waals surface area contributed by atoms with Crippen LogP contribution in [0.4, 0.5) is 0 Å². The minimum absolute atomic E-state index is 0.0339. The molecule has 0 aliphatic carbocycles. The van der Waals surface area contributed by atoms with Crippen molar-refractivity contribution in [3.63, 3.8) is 0 Å². The standard InChI is InChI=1S/C13H24O5/c14-8-2-1-7-12(13(17)18)11(5-3-9-15)6-4-10-16/h14-16H,1-10H2,(H,17,18). The highest BCUT2D eigenvalue weighted by Gasteiger charge is 2.13. The van der Waals surface area contributed by atoms with Gasteiger partial charge in [0, 0.05) is 25.4 Å². The number of carboxylic acid groups (broad SMARTS) is 1. The van der Waals surface area contributed by atoms with Gasteiger partial charge in [0.25, 0.3) is 0 Å². The number of allylic oxidation sites excluding steroid dienone is 1. The molecule has 0 radical (unpaired) electrons. The van der Waals surface area contributed by atoms with E-state index in [9.17, 15) is 9.90 Å². The minimum Gasteiger partial charge on any atom is -0.478 e. The number of aliphatic hydroxyl groups is 3. The number of carboxylic acids is 1. The normalized spacial score (nSPS) is 10.4. The highest BCUT2D eigenvalue weighted by Crippen LogP contribution is 2.21. The van der Waals surface area contributed by atoms with Crippen molar-refractivity contribution in [1.29, 1.82) is 0 Å². The summed E-state index contributed by atoms with van der Waals surface area (Å²) in [6.07, 6.45) is 3.84. The first kappa shape index (κ1) is 17.1. The first-order valence-corrected chi connectivity index (χ1v) is 6.44. The van der Waals surface area contributed by atoms with Gasteiger partial charge in [0.05, 0.1) is 0 Å². The predicted molar refractivity (Wildman–Crippen MR) is 68.2 cm³/mol. The summed E-state index contributed by atoms with van der Waals surface area (Å²) < 4.78 is 0. The molecule has 0 spiro atoms. The van der Waals surface area contributed by atoms with E-state index in [1.54, 1.807) is 0 Å². The largest absolute Gasteiger partial charge is 0.478 e. The SMILES string of the molecule is O=C(O)C(CCCCO)=C(CCCO)CCCO. The third-order valence-electron chi connectivity index (χ3n) is 2.79. The van der Waals surface area contributed by atoms with Crippen LogP contribution in [0, 0.1) is 0 Å². The zero-order valence-electron chi connectivity index (χ0n) is 10.8. The Morgan fingerprint density at radius 1 is 0.722 bits per heavy atom. The third-order valence-corrected chi connectivity index (χ3v) is 2.79. The van der Waals surface area contributed by atoms with E-state index < -0.39 is 5.97 Å². The van der Waals surface area contributed by atoms with Crippen molar-refractivity contribution in [1.82, 2.24) is 0 Å². The summed E-state index contributed by atoms with van der Waals surface area (Å²) in [5.41, 5.74) is 1.19. The summed E-state index contributed by atoms with van der Waals surface area (Å²) in [6, 6.07) is 0. The third kappa shape index (κ3) is 7.42. The van der Waals surface area contributed by atoms with Gasteiger partial charge in [-0.15, -0.1) is 0 Å². The Kier molecular flexibility index (Phi) is 10.6. The Bertz CT molecular complexity index is 250. The van der Waals surface area contributed by atoms with Gasteiger partial charge in [-0.2, -0.15) is 0 Å². The molecule has 5 heteroatoms. The van der Waals surface area contributed by atoms with Crippen molar-refractivity contribution < 1.29 is 25.2 Å². The molecule has 106 valence electrons. The fourth-order valence-corrected chi connectivity index (χ4v) is 1.86. The van der Waals surface area contributed by atoms with Crippen molar-refractivity contribution in [3.05, 3.63) is 11.1 Å². The lowest BCUT2D eigenvalue weighted by atomic mass is 9.95. The van der Waals surface area contributed by atoms with Crippen LogP contribution >= 0.6 is 0 Å². The van der Waals surface area contributed by atoms with Crippen LogP contribution in [0.15, 0.2) is 11.1 Å². The van der Waals surface area contributed by atoms with Crippen molar-refractivity contribution in [2.45, 2.75) is 44.9 Å². The van der Waals surface area contributed by atoms with Crippen LogP contribution in [0.5, 0.6) is 0 Å². The van der Waals surface area contributed by atoms with Crippen LogP contribution in [-0.2, 0) is 4.79 Å². The lowest BCUT2D eigenvalue weighted by Crippen LogP contribution is -2.07. The molecular formula is C13H24O5. The molecule has 0 rings (SSSR count). The van der Waals surface area contributed by atoms with Gasteiger partial charge in [-0.25, -0.2) is 4.79 Å². The van der Waals surface area contributed by atoms with Gasteiger partial charge < -0.3 is 20.4 Å². The minimum atomic E-state index is -0.932. The van der Waals surface area contributed by atoms with Gasteiger partial charge >= 0.3 is 5.97 Å². The number of aliphatic hydroxyl groups excluding tert-OH is 3. The van der Waals surface area contributed by atoms with Gasteiger partial charge in [0.1, 0.15) is 0 Å². The topological polar surface area (TPSA) is 98.0 Å². The fourth-order valence-electron chi connectivity index (χ4n) is 1.86. The molecule has 0 unspecified atom stereocenters. The zero-order chi connectivity index (χ0) is 13.8. The zero-order valence-corrected chi connectivity index (χ0v) is 10.8. The van der Waals surface area contributed by atoms with E-state index in [-0.39, 0.29) is 19.8 Å². The number of aliphatic carboxylic acids is 1. The average Bonchev–Trinajstić information content (AvgIpc) is 2.35. The maximum absolute atomic E-state index is 11.2. The van der Waals surface area contributed by atoms with Gasteiger partial charge in [0.15, 0.2) is 0 Å². The van der Waals surface area contributed by atoms with Gasteiger partial charge in [0.2, 0.25) is 0 Å². The van der Waals surface area contributed by atoms with E-state index in [0.29, 0.717) is 50.5 Å². The van der Waals surface area contributed by atoms with Crippen LogP contribution in [0.1, 0.15) is 44.9 Å². The highest BCUT2D eigenvalue weighted by atomic mass is 16.4. The Balaban J connectivity index is 4.70.